The van der Waals surface area contributed by atoms with E-state index in [1.54, 1.807) is 36.1 Å². The van der Waals surface area contributed by atoms with Crippen molar-refractivity contribution in [2.45, 2.75) is 58.5 Å². The van der Waals surface area contributed by atoms with Crippen LogP contribution in [-0.2, 0) is 14.3 Å². The zero-order chi connectivity index (χ0) is 21.1. The number of ether oxygens (including phenoxy) is 2. The summed E-state index contributed by atoms with van der Waals surface area (Å²) in [5.41, 5.74) is 0.425. The van der Waals surface area contributed by atoms with Crippen molar-refractivity contribution in [3.8, 4) is 5.75 Å². The summed E-state index contributed by atoms with van der Waals surface area (Å²) in [7, 11) is 0. The van der Waals surface area contributed by atoms with Gasteiger partial charge >= 0.3 is 5.97 Å². The summed E-state index contributed by atoms with van der Waals surface area (Å²) in [5.74, 6) is -0.484. The number of hydrogen-bond donors (Lipinski definition) is 1. The molecule has 1 N–H and O–H groups in total. The number of amides is 2. The van der Waals surface area contributed by atoms with E-state index in [2.05, 4.69) is 12.2 Å². The molecule has 1 aromatic rings. The van der Waals surface area contributed by atoms with Gasteiger partial charge in [-0.2, -0.15) is 0 Å². The molecule has 1 aliphatic rings. The van der Waals surface area contributed by atoms with Crippen molar-refractivity contribution in [2.24, 2.45) is 0 Å². The lowest BCUT2D eigenvalue weighted by Gasteiger charge is -2.24. The number of hydrogen-bond acceptors (Lipinski definition) is 5. The smallest absolute Gasteiger partial charge is 0.326 e. The van der Waals surface area contributed by atoms with E-state index in [1.807, 2.05) is 0 Å². The summed E-state index contributed by atoms with van der Waals surface area (Å²) in [6.07, 6.45) is 5.38. The standard InChI is InChI=1S/C22H32N2O5/c1-3-4-15-28-19-11-9-18(10-12-19)21(26)23-16-20(25)29-17(2)22(27)24-13-7-5-6-8-14-24/h9-12,17H,3-8,13-16H2,1-2H3,(H,23,26)/t17-/m0/s1. The average molecular weight is 405 g/mol. The highest BCUT2D eigenvalue weighted by atomic mass is 16.5. The first kappa shape index (κ1) is 22.7. The van der Waals surface area contributed by atoms with Gasteiger partial charge in [-0.25, -0.2) is 0 Å². The molecular weight excluding hydrogens is 372 g/mol. The monoisotopic (exact) mass is 404 g/mol. The summed E-state index contributed by atoms with van der Waals surface area (Å²) in [5, 5.41) is 2.53. The number of rotatable bonds is 9. The van der Waals surface area contributed by atoms with E-state index in [9.17, 15) is 14.4 Å². The quantitative estimate of drug-likeness (QED) is 0.505. The number of carbonyl (C=O) groups is 3. The SMILES string of the molecule is CCCCOc1ccc(C(=O)NCC(=O)O[C@@H](C)C(=O)N2CCCCCC2)cc1. The maximum absolute atomic E-state index is 12.4. The van der Waals surface area contributed by atoms with Crippen molar-refractivity contribution in [1.82, 2.24) is 10.2 Å². The Morgan fingerprint density at radius 1 is 1.07 bits per heavy atom. The zero-order valence-electron chi connectivity index (χ0n) is 17.4. The van der Waals surface area contributed by atoms with Crippen LogP contribution in [0, 0.1) is 0 Å². The Morgan fingerprint density at radius 3 is 2.34 bits per heavy atom. The normalized spacial score (nSPS) is 15.2. The number of unbranched alkanes of at least 4 members (excludes halogenated alkanes) is 1. The molecule has 0 unspecified atom stereocenters. The Labute approximate surface area is 172 Å². The second kappa shape index (κ2) is 12.1. The summed E-state index contributed by atoms with van der Waals surface area (Å²) >= 11 is 0. The Bertz CT molecular complexity index is 666. The maximum Gasteiger partial charge on any atom is 0.326 e. The highest BCUT2D eigenvalue weighted by Gasteiger charge is 2.24. The van der Waals surface area contributed by atoms with E-state index in [-0.39, 0.29) is 18.4 Å². The van der Waals surface area contributed by atoms with E-state index in [0.717, 1.165) is 38.5 Å². The van der Waals surface area contributed by atoms with Crippen LogP contribution in [0.15, 0.2) is 24.3 Å². The van der Waals surface area contributed by atoms with Gasteiger partial charge in [0.1, 0.15) is 12.3 Å². The largest absolute Gasteiger partial charge is 0.494 e. The first-order chi connectivity index (χ1) is 14.0. The highest BCUT2D eigenvalue weighted by Crippen LogP contribution is 2.13. The van der Waals surface area contributed by atoms with Crippen LogP contribution < -0.4 is 10.1 Å². The van der Waals surface area contributed by atoms with E-state index < -0.39 is 12.1 Å². The minimum absolute atomic E-state index is 0.176. The molecule has 0 spiro atoms. The zero-order valence-corrected chi connectivity index (χ0v) is 17.4. The van der Waals surface area contributed by atoms with Crippen molar-refractivity contribution in [3.63, 3.8) is 0 Å². The van der Waals surface area contributed by atoms with Gasteiger partial charge < -0.3 is 19.7 Å². The molecule has 1 saturated heterocycles. The van der Waals surface area contributed by atoms with E-state index in [4.69, 9.17) is 9.47 Å². The van der Waals surface area contributed by atoms with Crippen molar-refractivity contribution < 1.29 is 23.9 Å². The lowest BCUT2D eigenvalue weighted by atomic mass is 10.2. The first-order valence-electron chi connectivity index (χ1n) is 10.5. The molecule has 1 atom stereocenters. The summed E-state index contributed by atoms with van der Waals surface area (Å²) in [4.78, 5) is 38.4. The van der Waals surface area contributed by atoms with Gasteiger partial charge in [0.05, 0.1) is 6.61 Å². The number of nitrogens with one attached hydrogen (secondary N) is 1. The Hall–Kier alpha value is -2.57. The van der Waals surface area contributed by atoms with Crippen LogP contribution in [0.1, 0.15) is 62.7 Å². The number of esters is 1. The number of nitrogens with zero attached hydrogens (tertiary/aromatic N) is 1. The van der Waals surface area contributed by atoms with Crippen LogP contribution in [-0.4, -0.2) is 55.0 Å². The molecule has 0 aliphatic carbocycles. The fraction of sp³-hybridized carbons (Fsp3) is 0.591. The molecular formula is C22H32N2O5. The summed E-state index contributed by atoms with van der Waals surface area (Å²) in [6, 6.07) is 6.75. The van der Waals surface area contributed by atoms with Gasteiger partial charge in [-0.3, -0.25) is 14.4 Å². The van der Waals surface area contributed by atoms with E-state index in [0.29, 0.717) is 31.0 Å². The first-order valence-corrected chi connectivity index (χ1v) is 10.5. The molecule has 1 heterocycles. The molecule has 29 heavy (non-hydrogen) atoms. The maximum atomic E-state index is 12.4. The number of likely N-dealkylation sites (tertiary alicyclic amines) is 1. The molecule has 2 amide bonds. The lowest BCUT2D eigenvalue weighted by Crippen LogP contribution is -2.42. The van der Waals surface area contributed by atoms with Crippen molar-refractivity contribution in [1.29, 1.82) is 0 Å². The van der Waals surface area contributed by atoms with Crippen LogP contribution in [0.4, 0.5) is 0 Å². The number of carbonyl (C=O) groups excluding carboxylic acids is 3. The summed E-state index contributed by atoms with van der Waals surface area (Å²) < 4.78 is 10.8. The molecule has 0 radical (unpaired) electrons. The van der Waals surface area contributed by atoms with Gasteiger partial charge in [0.2, 0.25) is 0 Å². The predicted octanol–water partition coefficient (Wildman–Crippen LogP) is 2.93. The van der Waals surface area contributed by atoms with Crippen LogP contribution in [0.25, 0.3) is 0 Å². The van der Waals surface area contributed by atoms with Crippen LogP contribution in [0.3, 0.4) is 0 Å². The molecule has 1 fully saturated rings. The fourth-order valence-electron chi connectivity index (χ4n) is 3.13. The molecule has 160 valence electrons. The second-order valence-corrected chi connectivity index (χ2v) is 7.28. The molecule has 7 heteroatoms. The second-order valence-electron chi connectivity index (χ2n) is 7.28. The average Bonchev–Trinajstić information content (AvgIpc) is 3.01. The highest BCUT2D eigenvalue weighted by molar-refractivity contribution is 5.96. The van der Waals surface area contributed by atoms with Crippen LogP contribution in [0.5, 0.6) is 5.75 Å². The molecule has 0 bridgehead atoms. The Morgan fingerprint density at radius 2 is 1.72 bits per heavy atom. The molecule has 0 saturated carbocycles. The van der Waals surface area contributed by atoms with Crippen molar-refractivity contribution in [3.05, 3.63) is 29.8 Å². The van der Waals surface area contributed by atoms with Crippen LogP contribution >= 0.6 is 0 Å². The van der Waals surface area contributed by atoms with Gasteiger partial charge in [-0.1, -0.05) is 26.2 Å². The molecule has 2 rings (SSSR count). The van der Waals surface area contributed by atoms with Crippen LogP contribution in [0.2, 0.25) is 0 Å². The van der Waals surface area contributed by atoms with Gasteiger partial charge in [0.15, 0.2) is 6.10 Å². The third-order valence-corrected chi connectivity index (χ3v) is 4.85. The molecule has 7 nitrogen and oxygen atoms in total. The van der Waals surface area contributed by atoms with E-state index in [1.165, 1.54) is 0 Å². The van der Waals surface area contributed by atoms with Gasteiger partial charge in [-0.15, -0.1) is 0 Å². The number of benzene rings is 1. The van der Waals surface area contributed by atoms with Gasteiger partial charge in [0, 0.05) is 18.7 Å². The van der Waals surface area contributed by atoms with E-state index >= 15 is 0 Å². The lowest BCUT2D eigenvalue weighted by molar-refractivity contribution is -0.158. The summed E-state index contributed by atoms with van der Waals surface area (Å²) in [6.45, 7) is 5.43. The minimum Gasteiger partial charge on any atom is -0.494 e. The Balaban J connectivity index is 1.74. The van der Waals surface area contributed by atoms with Gasteiger partial charge in [-0.05, 0) is 50.5 Å². The molecule has 1 aromatic carbocycles. The third kappa shape index (κ3) is 7.75. The molecule has 1 aliphatic heterocycles. The van der Waals surface area contributed by atoms with Gasteiger partial charge in [0.25, 0.3) is 11.8 Å². The third-order valence-electron chi connectivity index (χ3n) is 4.85. The van der Waals surface area contributed by atoms with Crippen molar-refractivity contribution in [2.75, 3.05) is 26.2 Å². The molecule has 0 aromatic heterocycles. The predicted molar refractivity (Wildman–Crippen MR) is 110 cm³/mol. The van der Waals surface area contributed by atoms with Crippen molar-refractivity contribution >= 4 is 17.8 Å². The fourth-order valence-corrected chi connectivity index (χ4v) is 3.13. The Kier molecular flexibility index (Phi) is 9.47. The minimum atomic E-state index is -0.850. The topological polar surface area (TPSA) is 84.9 Å².